The van der Waals surface area contributed by atoms with Gasteiger partial charge in [-0.25, -0.2) is 0 Å². The molecule has 0 rings (SSSR count). The van der Waals surface area contributed by atoms with Crippen molar-refractivity contribution in [3.63, 3.8) is 0 Å². The number of ether oxygens (including phenoxy) is 2. The summed E-state index contributed by atoms with van der Waals surface area (Å²) < 4.78 is 43.5. The number of carbonyl (C=O) groups is 1. The largest absolute Gasteiger partial charge is 0.465 e. The summed E-state index contributed by atoms with van der Waals surface area (Å²) in [6, 6.07) is 1.51. The van der Waals surface area contributed by atoms with E-state index in [0.29, 0.717) is 0 Å². The molecule has 0 radical (unpaired) electrons. The highest BCUT2D eigenvalue weighted by Gasteiger charge is 2.29. The highest BCUT2D eigenvalue weighted by molar-refractivity contribution is 5.75. The third-order valence-corrected chi connectivity index (χ3v) is 1.28. The predicted molar refractivity (Wildman–Crippen MR) is 42.6 cm³/mol. The van der Waals surface area contributed by atoms with E-state index in [2.05, 4.69) is 9.47 Å². The number of nitriles is 1. The first-order chi connectivity index (χ1) is 6.90. The van der Waals surface area contributed by atoms with Crippen molar-refractivity contribution in [1.82, 2.24) is 0 Å². The van der Waals surface area contributed by atoms with Gasteiger partial charge in [0.15, 0.2) is 5.92 Å². The van der Waals surface area contributed by atoms with Crippen LogP contribution in [0.5, 0.6) is 0 Å². The van der Waals surface area contributed by atoms with Crippen LogP contribution in [0.25, 0.3) is 0 Å². The molecular weight excluding hydrogens is 215 g/mol. The lowest BCUT2D eigenvalue weighted by Crippen LogP contribution is -2.25. The first-order valence-corrected chi connectivity index (χ1v) is 4.11. The number of hydrogen-bond acceptors (Lipinski definition) is 4. The average Bonchev–Trinajstić information content (AvgIpc) is 2.11. The van der Waals surface area contributed by atoms with Gasteiger partial charge in [-0.1, -0.05) is 0 Å². The Hall–Kier alpha value is -1.29. The molecule has 0 aliphatic rings. The van der Waals surface area contributed by atoms with Gasteiger partial charge in [0.05, 0.1) is 19.3 Å². The second-order valence-corrected chi connectivity index (χ2v) is 2.56. The molecular formula is C8H10F3NO3. The molecule has 7 heteroatoms. The van der Waals surface area contributed by atoms with E-state index in [-0.39, 0.29) is 6.61 Å². The standard InChI is InChI=1S/C8H10F3NO3/c1-2-15-7(13)6(3-12)4-14-5-8(9,10)11/h6H,2,4-5H2,1H3. The quantitative estimate of drug-likeness (QED) is 0.661. The van der Waals surface area contributed by atoms with Gasteiger partial charge in [0.1, 0.15) is 6.61 Å². The summed E-state index contributed by atoms with van der Waals surface area (Å²) in [5.41, 5.74) is 0. The third kappa shape index (κ3) is 6.74. The monoisotopic (exact) mass is 225 g/mol. The van der Waals surface area contributed by atoms with Crippen LogP contribution in [-0.2, 0) is 14.3 Å². The summed E-state index contributed by atoms with van der Waals surface area (Å²) in [6.45, 7) is -0.501. The maximum Gasteiger partial charge on any atom is 0.411 e. The van der Waals surface area contributed by atoms with Crippen molar-refractivity contribution in [2.24, 2.45) is 5.92 Å². The van der Waals surface area contributed by atoms with E-state index in [4.69, 9.17) is 5.26 Å². The van der Waals surface area contributed by atoms with Crippen molar-refractivity contribution < 1.29 is 27.4 Å². The molecule has 0 spiro atoms. The van der Waals surface area contributed by atoms with Gasteiger partial charge in [0, 0.05) is 0 Å². The molecule has 0 aromatic carbocycles. The second kappa shape index (κ2) is 6.24. The molecule has 0 aliphatic carbocycles. The van der Waals surface area contributed by atoms with Gasteiger partial charge in [-0.15, -0.1) is 0 Å². The van der Waals surface area contributed by atoms with E-state index in [1.165, 1.54) is 13.0 Å². The molecule has 0 amide bonds. The topological polar surface area (TPSA) is 59.3 Å². The zero-order valence-electron chi connectivity index (χ0n) is 8.00. The van der Waals surface area contributed by atoms with Crippen molar-refractivity contribution in [3.8, 4) is 6.07 Å². The molecule has 0 aromatic heterocycles. The van der Waals surface area contributed by atoms with Gasteiger partial charge < -0.3 is 9.47 Å². The van der Waals surface area contributed by atoms with Gasteiger partial charge in [-0.05, 0) is 6.92 Å². The fourth-order valence-corrected chi connectivity index (χ4v) is 0.693. The molecule has 86 valence electrons. The molecule has 1 unspecified atom stereocenters. The normalized spacial score (nSPS) is 13.0. The lowest BCUT2D eigenvalue weighted by molar-refractivity contribution is -0.178. The molecule has 0 saturated heterocycles. The molecule has 0 fully saturated rings. The number of hydrogen-bond donors (Lipinski definition) is 0. The van der Waals surface area contributed by atoms with Crippen molar-refractivity contribution in [1.29, 1.82) is 5.26 Å². The van der Waals surface area contributed by atoms with Gasteiger partial charge in [-0.2, -0.15) is 18.4 Å². The Balaban J connectivity index is 3.92. The average molecular weight is 225 g/mol. The van der Waals surface area contributed by atoms with Crippen molar-refractivity contribution in [2.75, 3.05) is 19.8 Å². The Labute approximate surface area is 84.6 Å². The molecule has 0 aromatic rings. The van der Waals surface area contributed by atoms with Crippen LogP contribution in [0.2, 0.25) is 0 Å². The van der Waals surface area contributed by atoms with Gasteiger partial charge in [0.25, 0.3) is 0 Å². The maximum absolute atomic E-state index is 11.6. The van der Waals surface area contributed by atoms with Crippen LogP contribution in [0.3, 0.4) is 0 Å². The van der Waals surface area contributed by atoms with Crippen LogP contribution in [0.4, 0.5) is 13.2 Å². The van der Waals surface area contributed by atoms with Crippen LogP contribution in [0.1, 0.15) is 6.92 Å². The Morgan fingerprint density at radius 3 is 2.53 bits per heavy atom. The van der Waals surface area contributed by atoms with Crippen LogP contribution in [0.15, 0.2) is 0 Å². The predicted octanol–water partition coefficient (Wildman–Crippen LogP) is 1.27. The number of rotatable bonds is 5. The Morgan fingerprint density at radius 2 is 2.13 bits per heavy atom. The minimum absolute atomic E-state index is 0.0658. The van der Waals surface area contributed by atoms with Crippen molar-refractivity contribution in [2.45, 2.75) is 13.1 Å². The number of nitrogens with zero attached hydrogens (tertiary/aromatic N) is 1. The summed E-state index contributed by atoms with van der Waals surface area (Å²) in [7, 11) is 0. The fraction of sp³-hybridized carbons (Fsp3) is 0.750. The van der Waals surface area contributed by atoms with Crippen LogP contribution in [0, 0.1) is 17.2 Å². The second-order valence-electron chi connectivity index (χ2n) is 2.56. The Kier molecular flexibility index (Phi) is 5.70. The van der Waals surface area contributed by atoms with E-state index in [9.17, 15) is 18.0 Å². The van der Waals surface area contributed by atoms with Crippen LogP contribution in [-0.4, -0.2) is 32.0 Å². The van der Waals surface area contributed by atoms with Crippen LogP contribution < -0.4 is 0 Å². The number of halogens is 3. The zero-order chi connectivity index (χ0) is 11.9. The molecule has 0 heterocycles. The molecule has 15 heavy (non-hydrogen) atoms. The first kappa shape index (κ1) is 13.7. The smallest absolute Gasteiger partial charge is 0.411 e. The minimum atomic E-state index is -4.46. The van der Waals surface area contributed by atoms with E-state index in [1.54, 1.807) is 0 Å². The van der Waals surface area contributed by atoms with Crippen LogP contribution >= 0.6 is 0 Å². The first-order valence-electron chi connectivity index (χ1n) is 4.11. The fourth-order valence-electron chi connectivity index (χ4n) is 0.693. The lowest BCUT2D eigenvalue weighted by Gasteiger charge is -2.10. The van der Waals surface area contributed by atoms with E-state index in [0.717, 1.165) is 0 Å². The van der Waals surface area contributed by atoms with Gasteiger partial charge in [-0.3, -0.25) is 4.79 Å². The SMILES string of the molecule is CCOC(=O)C(C#N)COCC(F)(F)F. The summed E-state index contributed by atoms with van der Waals surface area (Å²) >= 11 is 0. The molecule has 0 aliphatic heterocycles. The highest BCUT2D eigenvalue weighted by Crippen LogP contribution is 2.15. The Morgan fingerprint density at radius 1 is 1.53 bits per heavy atom. The maximum atomic E-state index is 11.6. The molecule has 4 nitrogen and oxygen atoms in total. The molecule has 0 N–H and O–H groups in total. The summed E-state index contributed by atoms with van der Waals surface area (Å²) in [5, 5.41) is 8.44. The zero-order valence-corrected chi connectivity index (χ0v) is 8.00. The van der Waals surface area contributed by atoms with Crippen molar-refractivity contribution >= 4 is 5.97 Å². The highest BCUT2D eigenvalue weighted by atomic mass is 19.4. The van der Waals surface area contributed by atoms with Crippen molar-refractivity contribution in [3.05, 3.63) is 0 Å². The lowest BCUT2D eigenvalue weighted by atomic mass is 10.2. The molecule has 0 saturated carbocycles. The number of alkyl halides is 3. The number of esters is 1. The minimum Gasteiger partial charge on any atom is -0.465 e. The third-order valence-electron chi connectivity index (χ3n) is 1.28. The van der Waals surface area contributed by atoms with E-state index in [1.807, 2.05) is 0 Å². The summed E-state index contributed by atoms with van der Waals surface area (Å²) in [4.78, 5) is 10.9. The Bertz CT molecular complexity index is 246. The van der Waals surface area contributed by atoms with E-state index < -0.39 is 31.3 Å². The molecule has 1 atom stereocenters. The van der Waals surface area contributed by atoms with E-state index >= 15 is 0 Å². The molecule has 0 bridgehead atoms. The van der Waals surface area contributed by atoms with Gasteiger partial charge in [0.2, 0.25) is 0 Å². The summed E-state index contributed by atoms with van der Waals surface area (Å²) in [6.07, 6.45) is -4.46. The van der Waals surface area contributed by atoms with Gasteiger partial charge >= 0.3 is 12.1 Å². The summed E-state index contributed by atoms with van der Waals surface area (Å²) in [5.74, 6) is -2.19. The number of carbonyl (C=O) groups excluding carboxylic acids is 1.